The Morgan fingerprint density at radius 1 is 0.810 bits per heavy atom. The van der Waals surface area contributed by atoms with E-state index in [4.69, 9.17) is 0 Å². The summed E-state index contributed by atoms with van der Waals surface area (Å²) in [6.07, 6.45) is 8.06. The van der Waals surface area contributed by atoms with Gasteiger partial charge in [0.15, 0.2) is 0 Å². The van der Waals surface area contributed by atoms with E-state index in [9.17, 15) is 22.8 Å². The second kappa shape index (κ2) is 11.6. The highest BCUT2D eigenvalue weighted by Gasteiger charge is 2.36. The number of imide groups is 1. The first-order valence-electron chi connectivity index (χ1n) is 14.5. The number of sulfonamides is 1. The molecule has 1 saturated heterocycles. The monoisotopic (exact) mass is 583 g/mol. The quantitative estimate of drug-likeness (QED) is 0.414. The molecule has 8 nitrogen and oxygen atoms in total. The van der Waals surface area contributed by atoms with Gasteiger partial charge < -0.3 is 10.2 Å². The summed E-state index contributed by atoms with van der Waals surface area (Å²) in [7, 11) is -4.57. The summed E-state index contributed by atoms with van der Waals surface area (Å²) in [4.78, 5) is 42.2. The number of hydrogen-bond donors (Lipinski definition) is 1. The molecule has 4 amide bonds. The summed E-state index contributed by atoms with van der Waals surface area (Å²) in [6.45, 7) is 0.486. The Morgan fingerprint density at radius 3 is 2.02 bits per heavy atom. The number of benzene rings is 3. The fourth-order valence-electron chi connectivity index (χ4n) is 6.39. The third kappa shape index (κ3) is 5.36. The number of carbonyl (C=O) groups excluding carboxylic acids is 3. The van der Waals surface area contributed by atoms with Crippen molar-refractivity contribution in [3.63, 3.8) is 0 Å². The van der Waals surface area contributed by atoms with Crippen molar-refractivity contribution in [1.82, 2.24) is 9.21 Å². The summed E-state index contributed by atoms with van der Waals surface area (Å²) in [5, 5.41) is 3.76. The molecular formula is C33H33N3O5S. The zero-order valence-electron chi connectivity index (χ0n) is 23.3. The number of anilines is 1. The Hall–Kier alpha value is -4.24. The minimum Gasteiger partial charge on any atom is -0.332 e. The van der Waals surface area contributed by atoms with E-state index in [0.29, 0.717) is 34.9 Å². The van der Waals surface area contributed by atoms with E-state index in [-0.39, 0.29) is 11.5 Å². The van der Waals surface area contributed by atoms with Crippen molar-refractivity contribution in [1.29, 1.82) is 0 Å². The van der Waals surface area contributed by atoms with E-state index in [1.807, 2.05) is 6.07 Å². The van der Waals surface area contributed by atoms with Gasteiger partial charge in [0.1, 0.15) is 0 Å². The van der Waals surface area contributed by atoms with Crippen LogP contribution in [0.4, 0.5) is 10.5 Å². The Balaban J connectivity index is 1.32. The molecule has 2 aliphatic carbocycles. The number of rotatable bonds is 6. The predicted molar refractivity (Wildman–Crippen MR) is 161 cm³/mol. The van der Waals surface area contributed by atoms with Gasteiger partial charge in [0.05, 0.1) is 11.4 Å². The van der Waals surface area contributed by atoms with Crippen LogP contribution in [-0.2, 0) is 35.7 Å². The second-order valence-electron chi connectivity index (χ2n) is 11.0. The number of hydrogen-bond acceptors (Lipinski definition) is 5. The topological polar surface area (TPSA) is 104 Å². The van der Waals surface area contributed by atoms with Crippen molar-refractivity contribution >= 4 is 33.6 Å². The number of aryl methyl sites for hydroxylation is 2. The van der Waals surface area contributed by atoms with Crippen LogP contribution >= 0.6 is 0 Å². The summed E-state index contributed by atoms with van der Waals surface area (Å²) in [5.41, 5.74) is 5.68. The van der Waals surface area contributed by atoms with Crippen LogP contribution in [0.15, 0.2) is 78.2 Å². The van der Waals surface area contributed by atoms with Crippen LogP contribution in [0.2, 0.25) is 0 Å². The number of nitrogens with zero attached hydrogens (tertiary/aromatic N) is 2. The third-order valence-corrected chi connectivity index (χ3v) is 9.74. The molecule has 0 radical (unpaired) electrons. The average molecular weight is 584 g/mol. The summed E-state index contributed by atoms with van der Waals surface area (Å²) < 4.78 is 27.9. The molecule has 1 atom stereocenters. The van der Waals surface area contributed by atoms with E-state index in [1.165, 1.54) is 29.3 Å². The maximum atomic E-state index is 13.8. The largest absolute Gasteiger partial charge is 0.343 e. The van der Waals surface area contributed by atoms with E-state index >= 15 is 0 Å². The van der Waals surface area contributed by atoms with E-state index in [1.54, 1.807) is 47.4 Å². The first kappa shape index (κ1) is 27.9. The number of nitrogens with one attached hydrogen (secondary N) is 1. The summed E-state index contributed by atoms with van der Waals surface area (Å²) >= 11 is 0. The zero-order chi connectivity index (χ0) is 29.3. The number of carbonyl (C=O) groups is 3. The van der Waals surface area contributed by atoms with E-state index < -0.39 is 28.0 Å². The molecule has 3 aromatic carbocycles. The zero-order valence-corrected chi connectivity index (χ0v) is 24.1. The number of urea groups is 1. The predicted octanol–water partition coefficient (Wildman–Crippen LogP) is 5.49. The van der Waals surface area contributed by atoms with Crippen LogP contribution in [0.5, 0.6) is 0 Å². The highest BCUT2D eigenvalue weighted by molar-refractivity contribution is 7.93. The van der Waals surface area contributed by atoms with Crippen LogP contribution < -0.4 is 5.32 Å². The van der Waals surface area contributed by atoms with Crippen molar-refractivity contribution in [2.24, 2.45) is 0 Å². The Bertz CT molecular complexity index is 1640. The Kier molecular flexibility index (Phi) is 7.68. The van der Waals surface area contributed by atoms with Crippen LogP contribution in [0, 0.1) is 0 Å². The van der Waals surface area contributed by atoms with E-state index in [0.717, 1.165) is 55.1 Å². The van der Waals surface area contributed by atoms with Gasteiger partial charge in [-0.05, 0) is 104 Å². The fraction of sp³-hybridized carbons (Fsp3) is 0.303. The standard InChI is InChI=1S/C33H33N3O5S/c37-31(23-10-3-1-4-11-23)35-20-9-16-27(35)19-21-42(40,41)36(32(38)24-12-5-2-6-13-24)33(39)34-30-28-17-7-14-25(28)22-26-15-8-18-29(26)30/h1-6,10-13,19,21-22,27H,7-9,14-18,20H2,(H,34,39). The van der Waals surface area contributed by atoms with Gasteiger partial charge in [0.25, 0.3) is 21.8 Å². The average Bonchev–Trinajstić information content (AvgIpc) is 3.77. The van der Waals surface area contributed by atoms with Gasteiger partial charge >= 0.3 is 6.03 Å². The number of amides is 4. The number of fused-ring (bicyclic) bond motifs is 2. The minimum absolute atomic E-state index is 0.0786. The molecule has 1 fully saturated rings. The van der Waals surface area contributed by atoms with Crippen molar-refractivity contribution in [2.75, 3.05) is 11.9 Å². The Morgan fingerprint density at radius 2 is 1.40 bits per heavy atom. The lowest BCUT2D eigenvalue weighted by atomic mass is 9.99. The molecular weight excluding hydrogens is 550 g/mol. The van der Waals surface area contributed by atoms with Gasteiger partial charge in [-0.2, -0.15) is 0 Å². The van der Waals surface area contributed by atoms with Crippen molar-refractivity contribution in [3.8, 4) is 0 Å². The molecule has 1 unspecified atom stereocenters. The molecule has 9 heteroatoms. The van der Waals surface area contributed by atoms with Crippen molar-refractivity contribution in [3.05, 3.63) is 112 Å². The number of likely N-dealkylation sites (tertiary alicyclic amines) is 1. The lowest BCUT2D eigenvalue weighted by molar-refractivity contribution is 0.0760. The van der Waals surface area contributed by atoms with Gasteiger partial charge in [-0.3, -0.25) is 9.59 Å². The second-order valence-corrected chi connectivity index (χ2v) is 12.7. The molecule has 42 heavy (non-hydrogen) atoms. The molecule has 1 N–H and O–H groups in total. The van der Waals surface area contributed by atoms with Gasteiger partial charge in [-0.15, -0.1) is 4.31 Å². The molecule has 3 aliphatic rings. The highest BCUT2D eigenvalue weighted by atomic mass is 32.2. The fourth-order valence-corrected chi connectivity index (χ4v) is 7.50. The molecule has 0 bridgehead atoms. The molecule has 6 rings (SSSR count). The lowest BCUT2D eigenvalue weighted by Crippen LogP contribution is -2.44. The molecule has 0 spiro atoms. The maximum Gasteiger partial charge on any atom is 0.343 e. The first-order chi connectivity index (χ1) is 20.3. The molecule has 216 valence electrons. The normalized spacial score (nSPS) is 17.7. The molecule has 1 aliphatic heterocycles. The van der Waals surface area contributed by atoms with Gasteiger partial charge in [-0.25, -0.2) is 13.2 Å². The van der Waals surface area contributed by atoms with Crippen molar-refractivity contribution in [2.45, 2.75) is 57.4 Å². The van der Waals surface area contributed by atoms with Crippen LogP contribution in [-0.4, -0.2) is 48.1 Å². The first-order valence-corrected chi connectivity index (χ1v) is 16.0. The lowest BCUT2D eigenvalue weighted by Gasteiger charge is -2.24. The maximum absolute atomic E-state index is 13.8. The molecule has 0 saturated carbocycles. The van der Waals surface area contributed by atoms with Crippen molar-refractivity contribution < 1.29 is 22.8 Å². The molecule has 3 aromatic rings. The van der Waals surface area contributed by atoms with Gasteiger partial charge in [-0.1, -0.05) is 42.5 Å². The Labute approximate surface area is 246 Å². The van der Waals surface area contributed by atoms with Crippen LogP contribution in [0.3, 0.4) is 0 Å². The smallest absolute Gasteiger partial charge is 0.332 e. The van der Waals surface area contributed by atoms with E-state index in [2.05, 4.69) is 11.4 Å². The van der Waals surface area contributed by atoms with Gasteiger partial charge in [0, 0.05) is 23.4 Å². The van der Waals surface area contributed by atoms with Gasteiger partial charge in [0.2, 0.25) is 0 Å². The summed E-state index contributed by atoms with van der Waals surface area (Å²) in [5.74, 6) is -1.13. The van der Waals surface area contributed by atoms with Crippen LogP contribution in [0.1, 0.15) is 68.7 Å². The van der Waals surface area contributed by atoms with Crippen LogP contribution in [0.25, 0.3) is 0 Å². The summed E-state index contributed by atoms with van der Waals surface area (Å²) in [6, 6.07) is 17.5. The molecule has 0 aromatic heterocycles. The third-order valence-electron chi connectivity index (χ3n) is 8.40. The minimum atomic E-state index is -4.57. The SMILES string of the molecule is O=C(c1ccccc1)N1CCCC1C=CS(=O)(=O)N(C(=O)Nc1c2c(cc3c1CCC3)CCC2)C(=O)c1ccccc1. The highest BCUT2D eigenvalue weighted by Crippen LogP contribution is 2.39. The molecule has 1 heterocycles.